The van der Waals surface area contributed by atoms with Gasteiger partial charge in [-0.15, -0.1) is 0 Å². The maximum atomic E-state index is 11.6. The Morgan fingerprint density at radius 2 is 1.13 bits per heavy atom. The minimum Gasteiger partial charge on any atom is -0.389 e. The largest absolute Gasteiger partial charge is 0.389 e. The van der Waals surface area contributed by atoms with E-state index in [4.69, 9.17) is 0 Å². The molecule has 6 nitrogen and oxygen atoms in total. The molecule has 4 heterocycles. The number of aliphatic hydroxyl groups is 1. The Morgan fingerprint density at radius 3 is 1.65 bits per heavy atom. The Balaban J connectivity index is 0.000000147. The third kappa shape index (κ3) is 5.33. The molecular formula is C40H34N4O2. The van der Waals surface area contributed by atoms with Crippen LogP contribution in [0.15, 0.2) is 109 Å². The lowest BCUT2D eigenvalue weighted by Crippen LogP contribution is -1.91. The molecule has 8 aromatic rings. The van der Waals surface area contributed by atoms with E-state index in [1.54, 1.807) is 13.8 Å². The molecule has 226 valence electrons. The summed E-state index contributed by atoms with van der Waals surface area (Å²) in [4.78, 5) is 27.2. The molecule has 0 bridgehead atoms. The highest BCUT2D eigenvalue weighted by Crippen LogP contribution is 2.33. The zero-order chi connectivity index (χ0) is 31.9. The molecule has 4 aromatic heterocycles. The van der Waals surface area contributed by atoms with Crippen LogP contribution < -0.4 is 0 Å². The summed E-state index contributed by atoms with van der Waals surface area (Å²) in [5, 5.41) is 14.5. The van der Waals surface area contributed by atoms with Gasteiger partial charge in [-0.2, -0.15) is 0 Å². The summed E-state index contributed by atoms with van der Waals surface area (Å²) in [6.45, 7) is 7.41. The molecule has 0 radical (unpaired) electrons. The van der Waals surface area contributed by atoms with Gasteiger partial charge in [0.05, 0.1) is 28.5 Å². The first-order valence-electron chi connectivity index (χ1n) is 15.4. The summed E-state index contributed by atoms with van der Waals surface area (Å²) in [6, 6.07) is 32.7. The van der Waals surface area contributed by atoms with E-state index in [9.17, 15) is 9.90 Å². The van der Waals surface area contributed by atoms with Crippen molar-refractivity contribution in [1.82, 2.24) is 19.9 Å². The number of H-pyrrole nitrogens is 2. The number of aliphatic hydroxyl groups excluding tert-OH is 1. The maximum absolute atomic E-state index is 11.6. The number of hydrogen-bond donors (Lipinski definition) is 3. The predicted molar refractivity (Wildman–Crippen MR) is 188 cm³/mol. The van der Waals surface area contributed by atoms with E-state index < -0.39 is 6.10 Å². The summed E-state index contributed by atoms with van der Waals surface area (Å²) in [5.74, 6) is 0.0849. The third-order valence-corrected chi connectivity index (χ3v) is 8.72. The number of nitrogens with zero attached hydrogens (tertiary/aromatic N) is 2. The number of fused-ring (bicyclic) bond motifs is 6. The number of aromatic amines is 2. The first-order chi connectivity index (χ1) is 22.3. The Bertz CT molecular complexity index is 2410. The molecule has 0 spiro atoms. The van der Waals surface area contributed by atoms with E-state index >= 15 is 0 Å². The Hall–Kier alpha value is -5.59. The third-order valence-electron chi connectivity index (χ3n) is 8.72. The number of rotatable bonds is 4. The van der Waals surface area contributed by atoms with Crippen molar-refractivity contribution in [3.05, 3.63) is 132 Å². The Labute approximate surface area is 266 Å². The number of hydrogen-bond acceptors (Lipinski definition) is 4. The van der Waals surface area contributed by atoms with E-state index in [-0.39, 0.29) is 5.78 Å². The normalized spacial score (nSPS) is 12.0. The minimum atomic E-state index is -0.458. The molecule has 3 N–H and O–H groups in total. The number of nitrogens with one attached hydrogen (secondary N) is 2. The molecule has 1 unspecified atom stereocenters. The highest BCUT2D eigenvalue weighted by Gasteiger charge is 2.11. The van der Waals surface area contributed by atoms with Crippen molar-refractivity contribution in [2.45, 2.75) is 33.8 Å². The van der Waals surface area contributed by atoms with Crippen molar-refractivity contribution in [3.8, 4) is 22.3 Å². The second-order valence-electron chi connectivity index (χ2n) is 11.8. The van der Waals surface area contributed by atoms with Gasteiger partial charge in [-0.05, 0) is 104 Å². The highest BCUT2D eigenvalue weighted by atomic mass is 16.3. The first kappa shape index (κ1) is 29.1. The lowest BCUT2D eigenvalue weighted by molar-refractivity contribution is 0.101. The fraction of sp³-hybridized carbons (Fsp3) is 0.125. The van der Waals surface area contributed by atoms with Gasteiger partial charge in [0, 0.05) is 50.5 Å². The number of pyridine rings is 2. The Kier molecular flexibility index (Phi) is 7.43. The zero-order valence-corrected chi connectivity index (χ0v) is 26.2. The van der Waals surface area contributed by atoms with Crippen molar-refractivity contribution in [1.29, 1.82) is 0 Å². The number of benzene rings is 4. The van der Waals surface area contributed by atoms with Crippen LogP contribution in [0.25, 0.3) is 65.9 Å². The van der Waals surface area contributed by atoms with Crippen molar-refractivity contribution in [2.75, 3.05) is 0 Å². The fourth-order valence-corrected chi connectivity index (χ4v) is 6.17. The molecule has 8 rings (SSSR count). The first-order valence-corrected chi connectivity index (χ1v) is 15.4. The van der Waals surface area contributed by atoms with Gasteiger partial charge in [-0.25, -0.2) is 0 Å². The average Bonchev–Trinajstić information content (AvgIpc) is 3.65. The summed E-state index contributed by atoms with van der Waals surface area (Å²) < 4.78 is 0. The lowest BCUT2D eigenvalue weighted by Gasteiger charge is -2.08. The topological polar surface area (TPSA) is 94.7 Å². The average molecular weight is 603 g/mol. The molecule has 0 aliphatic heterocycles. The van der Waals surface area contributed by atoms with Crippen LogP contribution in [0, 0.1) is 13.8 Å². The molecule has 4 aromatic carbocycles. The number of carbonyl (C=O) groups excluding carboxylic acids is 1. The van der Waals surface area contributed by atoms with Crippen molar-refractivity contribution in [3.63, 3.8) is 0 Å². The molecular weight excluding hydrogens is 568 g/mol. The predicted octanol–water partition coefficient (Wildman–Crippen LogP) is 9.64. The second-order valence-corrected chi connectivity index (χ2v) is 11.8. The SMILES string of the molecule is CC(=O)c1cccc(-c2ccc3[nH]c4c(C)nccc4c3c2)c1.Cc1nccc2c1[nH]c1ccc(-c3cccc(C(C)O)c3)cc12. The molecule has 0 fully saturated rings. The molecule has 0 saturated carbocycles. The van der Waals surface area contributed by atoms with E-state index in [1.165, 1.54) is 21.5 Å². The zero-order valence-electron chi connectivity index (χ0n) is 26.2. The van der Waals surface area contributed by atoms with Gasteiger partial charge in [0.1, 0.15) is 0 Å². The van der Waals surface area contributed by atoms with Crippen molar-refractivity contribution < 1.29 is 9.90 Å². The van der Waals surface area contributed by atoms with Crippen LogP contribution in [0.3, 0.4) is 0 Å². The molecule has 6 heteroatoms. The number of aryl methyl sites for hydroxylation is 2. The fourth-order valence-electron chi connectivity index (χ4n) is 6.17. The lowest BCUT2D eigenvalue weighted by atomic mass is 9.99. The molecule has 0 aliphatic rings. The van der Waals surface area contributed by atoms with Crippen molar-refractivity contribution in [2.24, 2.45) is 0 Å². The summed E-state index contributed by atoms with van der Waals surface area (Å²) in [6.07, 6.45) is 3.24. The Morgan fingerprint density at radius 1 is 0.630 bits per heavy atom. The van der Waals surface area contributed by atoms with Crippen LogP contribution in [0.1, 0.15) is 47.3 Å². The van der Waals surface area contributed by atoms with Crippen molar-refractivity contribution >= 4 is 49.4 Å². The molecule has 0 saturated heterocycles. The number of carbonyl (C=O) groups is 1. The van der Waals surface area contributed by atoms with Crippen LogP contribution in [0.5, 0.6) is 0 Å². The molecule has 1 atom stereocenters. The van der Waals surface area contributed by atoms with Crippen LogP contribution >= 0.6 is 0 Å². The van der Waals surface area contributed by atoms with Crippen LogP contribution in [-0.4, -0.2) is 30.8 Å². The standard InChI is InChI=1S/C20H18N2O.C20H16N2O/c2*1-12-20-17(8-9-21-12)18-11-16(6-7-19(18)22-20)15-5-3-4-14(10-15)13(2)23/h3-11,13,22-23H,1-2H3;3-11,22H,1-2H3. The van der Waals surface area contributed by atoms with Gasteiger partial charge >= 0.3 is 0 Å². The second kappa shape index (κ2) is 11.7. The monoisotopic (exact) mass is 602 g/mol. The minimum absolute atomic E-state index is 0.0849. The highest BCUT2D eigenvalue weighted by molar-refractivity contribution is 6.10. The molecule has 0 aliphatic carbocycles. The van der Waals surface area contributed by atoms with Crippen LogP contribution in [-0.2, 0) is 0 Å². The van der Waals surface area contributed by atoms with E-state index in [1.807, 2.05) is 74.8 Å². The van der Waals surface area contributed by atoms with Crippen LogP contribution in [0.4, 0.5) is 0 Å². The quantitative estimate of drug-likeness (QED) is 0.175. The van der Waals surface area contributed by atoms with Gasteiger partial charge in [-0.3, -0.25) is 14.8 Å². The van der Waals surface area contributed by atoms with E-state index in [0.29, 0.717) is 0 Å². The van der Waals surface area contributed by atoms with Gasteiger partial charge in [0.25, 0.3) is 0 Å². The van der Waals surface area contributed by atoms with Gasteiger partial charge in [0.15, 0.2) is 5.78 Å². The molecule has 46 heavy (non-hydrogen) atoms. The summed E-state index contributed by atoms with van der Waals surface area (Å²) in [7, 11) is 0. The maximum Gasteiger partial charge on any atom is 0.159 e. The summed E-state index contributed by atoms with van der Waals surface area (Å²) in [5.41, 5.74) is 12.5. The van der Waals surface area contributed by atoms with Crippen LogP contribution in [0.2, 0.25) is 0 Å². The van der Waals surface area contributed by atoms with Gasteiger partial charge < -0.3 is 15.1 Å². The van der Waals surface area contributed by atoms with E-state index in [2.05, 4.69) is 68.5 Å². The van der Waals surface area contributed by atoms with Gasteiger partial charge in [-0.1, -0.05) is 48.5 Å². The number of ketones is 1. The van der Waals surface area contributed by atoms with Gasteiger partial charge in [0.2, 0.25) is 0 Å². The number of aromatic nitrogens is 4. The molecule has 0 amide bonds. The number of Topliss-reactive ketones (excluding diaryl/α,β-unsaturated/α-hetero) is 1. The smallest absolute Gasteiger partial charge is 0.159 e. The van der Waals surface area contributed by atoms with E-state index in [0.717, 1.165) is 66.8 Å². The summed E-state index contributed by atoms with van der Waals surface area (Å²) >= 11 is 0.